The van der Waals surface area contributed by atoms with Crippen LogP contribution in [0.4, 0.5) is 10.1 Å². The molecule has 0 spiro atoms. The minimum absolute atomic E-state index is 0.0521. The predicted molar refractivity (Wildman–Crippen MR) is 80.1 cm³/mol. The molecule has 1 heterocycles. The molecule has 0 aliphatic carbocycles. The first-order chi connectivity index (χ1) is 9.63. The van der Waals surface area contributed by atoms with Gasteiger partial charge >= 0.3 is 0 Å². The summed E-state index contributed by atoms with van der Waals surface area (Å²) in [6.07, 6.45) is 0.706. The molecule has 0 amide bonds. The number of halogens is 1. The van der Waals surface area contributed by atoms with E-state index in [1.165, 1.54) is 11.1 Å². The Balaban J connectivity index is 1.82. The standard InChI is InChI=1S/C17H19FN2/c1-12(19)8-13-6-7-17(16(18)9-13)20-10-14-4-2-3-5-15(14)11-20/h2-7,9,12H,8,10-11,19H2,1H3. The minimum atomic E-state index is -0.157. The van der Waals surface area contributed by atoms with E-state index in [2.05, 4.69) is 17.0 Å². The highest BCUT2D eigenvalue weighted by Gasteiger charge is 2.21. The minimum Gasteiger partial charge on any atom is -0.360 e. The molecule has 1 unspecified atom stereocenters. The summed E-state index contributed by atoms with van der Waals surface area (Å²) >= 11 is 0. The van der Waals surface area contributed by atoms with Crippen LogP contribution in [-0.2, 0) is 19.5 Å². The maximum atomic E-state index is 14.3. The number of benzene rings is 2. The Morgan fingerprint density at radius 2 is 1.80 bits per heavy atom. The smallest absolute Gasteiger partial charge is 0.146 e. The van der Waals surface area contributed by atoms with Crippen molar-refractivity contribution in [1.29, 1.82) is 0 Å². The molecule has 2 N–H and O–H groups in total. The summed E-state index contributed by atoms with van der Waals surface area (Å²) in [5.41, 5.74) is 9.96. The molecule has 3 heteroatoms. The molecule has 3 rings (SSSR count). The molecule has 0 saturated heterocycles. The molecular weight excluding hydrogens is 251 g/mol. The topological polar surface area (TPSA) is 29.3 Å². The number of hydrogen-bond donors (Lipinski definition) is 1. The van der Waals surface area contributed by atoms with E-state index in [9.17, 15) is 4.39 Å². The Kier molecular flexibility index (Phi) is 3.45. The van der Waals surface area contributed by atoms with E-state index in [1.54, 1.807) is 6.07 Å². The monoisotopic (exact) mass is 270 g/mol. The van der Waals surface area contributed by atoms with Crippen LogP contribution in [-0.4, -0.2) is 6.04 Å². The summed E-state index contributed by atoms with van der Waals surface area (Å²) < 4.78 is 14.3. The molecule has 0 saturated carbocycles. The van der Waals surface area contributed by atoms with Gasteiger partial charge in [0, 0.05) is 19.1 Å². The second-order valence-corrected chi connectivity index (χ2v) is 5.59. The number of nitrogens with two attached hydrogens (primary N) is 1. The van der Waals surface area contributed by atoms with Gasteiger partial charge in [-0.25, -0.2) is 4.39 Å². The Morgan fingerprint density at radius 3 is 2.35 bits per heavy atom. The third-order valence-electron chi connectivity index (χ3n) is 3.75. The molecule has 1 aliphatic rings. The fourth-order valence-corrected chi connectivity index (χ4v) is 2.81. The second-order valence-electron chi connectivity index (χ2n) is 5.59. The first-order valence-electron chi connectivity index (χ1n) is 6.99. The van der Waals surface area contributed by atoms with Crippen LogP contribution in [0.1, 0.15) is 23.6 Å². The fraction of sp³-hybridized carbons (Fsp3) is 0.294. The highest BCUT2D eigenvalue weighted by molar-refractivity contribution is 5.53. The van der Waals surface area contributed by atoms with Crippen molar-refractivity contribution < 1.29 is 4.39 Å². The van der Waals surface area contributed by atoms with E-state index in [0.29, 0.717) is 12.1 Å². The molecule has 2 aromatic rings. The van der Waals surface area contributed by atoms with E-state index in [4.69, 9.17) is 5.73 Å². The molecule has 2 aromatic carbocycles. The van der Waals surface area contributed by atoms with Gasteiger partial charge in [0.05, 0.1) is 5.69 Å². The van der Waals surface area contributed by atoms with Crippen molar-refractivity contribution in [1.82, 2.24) is 0 Å². The average Bonchev–Trinajstić information content (AvgIpc) is 2.81. The molecule has 104 valence electrons. The Labute approximate surface area is 119 Å². The second kappa shape index (κ2) is 5.25. The first-order valence-corrected chi connectivity index (χ1v) is 6.99. The van der Waals surface area contributed by atoms with Crippen molar-refractivity contribution in [2.24, 2.45) is 5.73 Å². The van der Waals surface area contributed by atoms with Crippen molar-refractivity contribution in [2.45, 2.75) is 32.5 Å². The van der Waals surface area contributed by atoms with E-state index < -0.39 is 0 Å². The van der Waals surface area contributed by atoms with Crippen LogP contribution in [0.5, 0.6) is 0 Å². The highest BCUT2D eigenvalue weighted by Crippen LogP contribution is 2.30. The predicted octanol–water partition coefficient (Wildman–Crippen LogP) is 3.24. The van der Waals surface area contributed by atoms with E-state index in [0.717, 1.165) is 18.7 Å². The summed E-state index contributed by atoms with van der Waals surface area (Å²) in [6.45, 7) is 3.49. The number of fused-ring (bicyclic) bond motifs is 1. The summed E-state index contributed by atoms with van der Waals surface area (Å²) in [5.74, 6) is -0.157. The largest absolute Gasteiger partial charge is 0.360 e. The fourth-order valence-electron chi connectivity index (χ4n) is 2.81. The molecule has 0 radical (unpaired) electrons. The van der Waals surface area contributed by atoms with Gasteiger partial charge in [-0.1, -0.05) is 30.3 Å². The van der Waals surface area contributed by atoms with Crippen LogP contribution >= 0.6 is 0 Å². The third kappa shape index (κ3) is 2.54. The third-order valence-corrected chi connectivity index (χ3v) is 3.75. The van der Waals surface area contributed by atoms with Gasteiger partial charge in [0.15, 0.2) is 0 Å². The first kappa shape index (κ1) is 13.1. The molecule has 1 atom stereocenters. The zero-order valence-electron chi connectivity index (χ0n) is 11.6. The lowest BCUT2D eigenvalue weighted by Crippen LogP contribution is -2.19. The quantitative estimate of drug-likeness (QED) is 0.927. The van der Waals surface area contributed by atoms with Crippen LogP contribution in [0, 0.1) is 5.82 Å². The van der Waals surface area contributed by atoms with E-state index in [1.807, 2.05) is 31.2 Å². The number of rotatable bonds is 3. The molecule has 0 fully saturated rings. The summed E-state index contributed by atoms with van der Waals surface area (Å²) in [5, 5.41) is 0. The van der Waals surface area contributed by atoms with Crippen LogP contribution < -0.4 is 10.6 Å². The lowest BCUT2D eigenvalue weighted by atomic mass is 10.1. The van der Waals surface area contributed by atoms with Gasteiger partial charge in [0.1, 0.15) is 5.82 Å². The summed E-state index contributed by atoms with van der Waals surface area (Å²) in [7, 11) is 0. The van der Waals surface area contributed by atoms with Gasteiger partial charge in [0.2, 0.25) is 0 Å². The van der Waals surface area contributed by atoms with Gasteiger partial charge in [-0.3, -0.25) is 0 Å². The van der Waals surface area contributed by atoms with E-state index >= 15 is 0 Å². The van der Waals surface area contributed by atoms with Crippen molar-refractivity contribution in [3.8, 4) is 0 Å². The highest BCUT2D eigenvalue weighted by atomic mass is 19.1. The van der Waals surface area contributed by atoms with Crippen LogP contribution in [0.2, 0.25) is 0 Å². The maximum absolute atomic E-state index is 14.3. The van der Waals surface area contributed by atoms with Gasteiger partial charge in [-0.2, -0.15) is 0 Å². The zero-order valence-corrected chi connectivity index (χ0v) is 11.6. The van der Waals surface area contributed by atoms with Gasteiger partial charge < -0.3 is 10.6 Å². The maximum Gasteiger partial charge on any atom is 0.146 e. The zero-order chi connectivity index (χ0) is 14.1. The van der Waals surface area contributed by atoms with Crippen molar-refractivity contribution in [2.75, 3.05) is 4.90 Å². The normalized spacial score (nSPS) is 15.2. The molecule has 0 aromatic heterocycles. The molecule has 0 bridgehead atoms. The average molecular weight is 270 g/mol. The number of nitrogens with zero attached hydrogens (tertiary/aromatic N) is 1. The van der Waals surface area contributed by atoms with Crippen LogP contribution in [0.15, 0.2) is 42.5 Å². The SMILES string of the molecule is CC(N)Cc1ccc(N2Cc3ccccc3C2)c(F)c1. The summed E-state index contributed by atoms with van der Waals surface area (Å²) in [6, 6.07) is 13.8. The van der Waals surface area contributed by atoms with Gasteiger partial charge in [-0.05, 0) is 42.2 Å². The van der Waals surface area contributed by atoms with Crippen molar-refractivity contribution in [3.63, 3.8) is 0 Å². The Morgan fingerprint density at radius 1 is 1.15 bits per heavy atom. The van der Waals surface area contributed by atoms with E-state index in [-0.39, 0.29) is 11.9 Å². The lowest BCUT2D eigenvalue weighted by molar-refractivity contribution is 0.615. The molecule has 20 heavy (non-hydrogen) atoms. The van der Waals surface area contributed by atoms with Gasteiger partial charge in [-0.15, -0.1) is 0 Å². The molecular formula is C17H19FN2. The van der Waals surface area contributed by atoms with Crippen molar-refractivity contribution in [3.05, 3.63) is 65.0 Å². The number of hydrogen-bond acceptors (Lipinski definition) is 2. The van der Waals surface area contributed by atoms with Gasteiger partial charge in [0.25, 0.3) is 0 Å². The Bertz CT molecular complexity index is 597. The molecule has 2 nitrogen and oxygen atoms in total. The lowest BCUT2D eigenvalue weighted by Gasteiger charge is -2.19. The summed E-state index contributed by atoms with van der Waals surface area (Å²) in [4.78, 5) is 2.08. The van der Waals surface area contributed by atoms with Crippen LogP contribution in [0.3, 0.4) is 0 Å². The van der Waals surface area contributed by atoms with Crippen LogP contribution in [0.25, 0.3) is 0 Å². The molecule has 1 aliphatic heterocycles. The number of anilines is 1. The Hall–Kier alpha value is -1.87. The van der Waals surface area contributed by atoms with Crippen molar-refractivity contribution >= 4 is 5.69 Å².